The van der Waals surface area contributed by atoms with Crippen molar-refractivity contribution in [3.63, 3.8) is 0 Å². The van der Waals surface area contributed by atoms with E-state index in [0.717, 1.165) is 10.9 Å². The zero-order chi connectivity index (χ0) is 14.3. The van der Waals surface area contributed by atoms with Crippen LogP contribution in [0.15, 0.2) is 41.4 Å². The molecule has 0 radical (unpaired) electrons. The average Bonchev–Trinajstić information content (AvgIpc) is 2.35. The quantitative estimate of drug-likeness (QED) is 0.909. The Morgan fingerprint density at radius 1 is 1.30 bits per heavy atom. The van der Waals surface area contributed by atoms with Crippen molar-refractivity contribution in [3.8, 4) is 0 Å². The Balaban J connectivity index is 1.92. The van der Waals surface area contributed by atoms with Gasteiger partial charge in [0.05, 0.1) is 16.3 Å². The molecule has 0 bridgehead atoms. The lowest BCUT2D eigenvalue weighted by molar-refractivity contribution is -0.145. The van der Waals surface area contributed by atoms with Crippen LogP contribution in [-0.2, 0) is 14.8 Å². The van der Waals surface area contributed by atoms with Crippen molar-refractivity contribution in [3.05, 3.63) is 36.5 Å². The van der Waals surface area contributed by atoms with Crippen LogP contribution in [-0.4, -0.2) is 41.9 Å². The molecule has 1 aromatic heterocycles. The minimum Gasteiger partial charge on any atom is -0.481 e. The maximum atomic E-state index is 12.3. The van der Waals surface area contributed by atoms with Crippen LogP contribution < -0.4 is 0 Å². The second-order valence-corrected chi connectivity index (χ2v) is 6.65. The van der Waals surface area contributed by atoms with Crippen LogP contribution in [0.2, 0.25) is 0 Å². The van der Waals surface area contributed by atoms with Crippen molar-refractivity contribution in [2.24, 2.45) is 5.92 Å². The van der Waals surface area contributed by atoms with Gasteiger partial charge in [-0.2, -0.15) is 4.31 Å². The summed E-state index contributed by atoms with van der Waals surface area (Å²) in [7, 11) is -3.62. The van der Waals surface area contributed by atoms with Crippen LogP contribution in [0.5, 0.6) is 0 Å². The second kappa shape index (κ2) is 4.53. The van der Waals surface area contributed by atoms with E-state index >= 15 is 0 Å². The van der Waals surface area contributed by atoms with Gasteiger partial charge in [0.15, 0.2) is 0 Å². The number of carbonyl (C=O) groups is 1. The number of aromatic nitrogens is 1. The monoisotopic (exact) mass is 292 g/mol. The van der Waals surface area contributed by atoms with Crippen LogP contribution >= 0.6 is 0 Å². The third-order valence-corrected chi connectivity index (χ3v) is 5.24. The number of benzene rings is 1. The molecule has 1 aliphatic heterocycles. The number of fused-ring (bicyclic) bond motifs is 1. The number of carboxylic acid groups (broad SMARTS) is 1. The van der Waals surface area contributed by atoms with Crippen molar-refractivity contribution in [2.75, 3.05) is 13.1 Å². The Bertz CT molecular complexity index is 782. The molecule has 0 amide bonds. The highest BCUT2D eigenvalue weighted by Crippen LogP contribution is 2.26. The summed E-state index contributed by atoms with van der Waals surface area (Å²) in [5.74, 6) is -1.56. The number of hydrogen-bond acceptors (Lipinski definition) is 4. The van der Waals surface area contributed by atoms with Gasteiger partial charge in [0.25, 0.3) is 0 Å². The van der Waals surface area contributed by atoms with E-state index in [0.29, 0.717) is 0 Å². The van der Waals surface area contributed by atoms with E-state index in [2.05, 4.69) is 4.98 Å². The normalized spacial score (nSPS) is 17.0. The topological polar surface area (TPSA) is 87.6 Å². The third-order valence-electron chi connectivity index (χ3n) is 3.41. The minimum atomic E-state index is -3.62. The zero-order valence-corrected chi connectivity index (χ0v) is 11.2. The van der Waals surface area contributed by atoms with Crippen LogP contribution in [0.4, 0.5) is 0 Å². The first kappa shape index (κ1) is 13.0. The lowest BCUT2D eigenvalue weighted by Gasteiger charge is -2.35. The summed E-state index contributed by atoms with van der Waals surface area (Å²) >= 11 is 0. The van der Waals surface area contributed by atoms with E-state index in [-0.39, 0.29) is 18.0 Å². The smallest absolute Gasteiger partial charge is 0.309 e. The average molecular weight is 292 g/mol. The summed E-state index contributed by atoms with van der Waals surface area (Å²) in [6, 6.07) is 8.24. The van der Waals surface area contributed by atoms with E-state index in [1.165, 1.54) is 10.4 Å². The fourth-order valence-electron chi connectivity index (χ4n) is 2.15. The zero-order valence-electron chi connectivity index (χ0n) is 10.4. The molecular weight excluding hydrogens is 280 g/mol. The minimum absolute atomic E-state index is 0.0305. The molecule has 3 rings (SSSR count). The van der Waals surface area contributed by atoms with Gasteiger partial charge in [-0.1, -0.05) is 6.07 Å². The molecule has 7 heteroatoms. The highest BCUT2D eigenvalue weighted by molar-refractivity contribution is 7.89. The lowest BCUT2D eigenvalue weighted by Crippen LogP contribution is -2.52. The molecule has 0 aliphatic carbocycles. The molecule has 1 fully saturated rings. The first-order valence-electron chi connectivity index (χ1n) is 6.06. The molecule has 1 aromatic carbocycles. The van der Waals surface area contributed by atoms with Gasteiger partial charge in [0, 0.05) is 24.7 Å². The molecule has 104 valence electrons. The Labute approximate surface area is 115 Å². The summed E-state index contributed by atoms with van der Waals surface area (Å²) in [6.07, 6.45) is 1.64. The van der Waals surface area contributed by atoms with Gasteiger partial charge < -0.3 is 5.11 Å². The lowest BCUT2D eigenvalue weighted by atomic mass is 10.0. The first-order valence-corrected chi connectivity index (χ1v) is 7.50. The second-order valence-electron chi connectivity index (χ2n) is 4.72. The predicted molar refractivity (Wildman–Crippen MR) is 71.6 cm³/mol. The molecule has 2 aromatic rings. The number of sulfonamides is 1. The number of pyridine rings is 1. The van der Waals surface area contributed by atoms with Gasteiger partial charge in [0.1, 0.15) is 0 Å². The molecule has 1 aliphatic rings. The van der Waals surface area contributed by atoms with Gasteiger partial charge in [-0.05, 0) is 24.3 Å². The number of nitrogens with zero attached hydrogens (tertiary/aromatic N) is 2. The Morgan fingerprint density at radius 2 is 2.05 bits per heavy atom. The number of rotatable bonds is 3. The Hall–Kier alpha value is -1.99. The molecular formula is C13H12N2O4S. The van der Waals surface area contributed by atoms with E-state index in [9.17, 15) is 13.2 Å². The Morgan fingerprint density at radius 3 is 2.75 bits per heavy atom. The standard InChI is InChI=1S/C13H12N2O4S/c16-13(17)10-7-15(8-10)20(18,19)11-3-4-12-9(6-11)2-1-5-14-12/h1-6,10H,7-8H2,(H,16,17). The van der Waals surface area contributed by atoms with Gasteiger partial charge in [0.2, 0.25) is 10.0 Å². The van der Waals surface area contributed by atoms with Gasteiger partial charge in [-0.3, -0.25) is 9.78 Å². The fourth-order valence-corrected chi connectivity index (χ4v) is 3.72. The maximum Gasteiger partial charge on any atom is 0.309 e. The van der Waals surface area contributed by atoms with Crippen molar-refractivity contribution in [2.45, 2.75) is 4.90 Å². The summed E-state index contributed by atoms with van der Waals surface area (Å²) in [5, 5.41) is 9.54. The van der Waals surface area contributed by atoms with Crippen LogP contribution in [0.1, 0.15) is 0 Å². The van der Waals surface area contributed by atoms with Gasteiger partial charge >= 0.3 is 5.97 Å². The third kappa shape index (κ3) is 2.04. The summed E-state index contributed by atoms with van der Waals surface area (Å²) in [5.41, 5.74) is 0.721. The predicted octanol–water partition coefficient (Wildman–Crippen LogP) is 0.940. The summed E-state index contributed by atoms with van der Waals surface area (Å²) < 4.78 is 25.9. The molecule has 0 spiro atoms. The highest BCUT2D eigenvalue weighted by Gasteiger charge is 2.40. The van der Waals surface area contributed by atoms with E-state index in [1.54, 1.807) is 30.5 Å². The maximum absolute atomic E-state index is 12.3. The van der Waals surface area contributed by atoms with Crippen LogP contribution in [0, 0.1) is 5.92 Å². The highest BCUT2D eigenvalue weighted by atomic mass is 32.2. The van der Waals surface area contributed by atoms with E-state index in [1.807, 2.05) is 0 Å². The van der Waals surface area contributed by atoms with Gasteiger partial charge in [-0.15, -0.1) is 0 Å². The Kier molecular flexibility index (Phi) is 2.95. The summed E-state index contributed by atoms with van der Waals surface area (Å²) in [6.45, 7) is 0.0610. The first-order chi connectivity index (χ1) is 9.48. The molecule has 20 heavy (non-hydrogen) atoms. The van der Waals surface area contributed by atoms with Crippen LogP contribution in [0.3, 0.4) is 0 Å². The molecule has 0 atom stereocenters. The molecule has 0 unspecified atom stereocenters. The SMILES string of the molecule is O=C(O)C1CN(S(=O)(=O)c2ccc3ncccc3c2)C1. The molecule has 1 N–H and O–H groups in total. The van der Waals surface area contributed by atoms with Crippen LogP contribution in [0.25, 0.3) is 10.9 Å². The fraction of sp³-hybridized carbons (Fsp3) is 0.231. The van der Waals surface area contributed by atoms with Gasteiger partial charge in [-0.25, -0.2) is 8.42 Å². The van der Waals surface area contributed by atoms with Crippen molar-refractivity contribution >= 4 is 26.9 Å². The largest absolute Gasteiger partial charge is 0.481 e. The molecule has 2 heterocycles. The molecule has 1 saturated heterocycles. The van der Waals surface area contributed by atoms with Crippen molar-refractivity contribution < 1.29 is 18.3 Å². The van der Waals surface area contributed by atoms with Crippen molar-refractivity contribution in [1.82, 2.24) is 9.29 Å². The molecule has 6 nitrogen and oxygen atoms in total. The summed E-state index contributed by atoms with van der Waals surface area (Å²) in [4.78, 5) is 15.0. The van der Waals surface area contributed by atoms with E-state index < -0.39 is 21.9 Å². The number of aliphatic carboxylic acids is 1. The number of carboxylic acids is 1. The van der Waals surface area contributed by atoms with Crippen molar-refractivity contribution in [1.29, 1.82) is 0 Å². The number of hydrogen-bond donors (Lipinski definition) is 1. The molecule has 0 saturated carbocycles. The van der Waals surface area contributed by atoms with E-state index in [4.69, 9.17) is 5.11 Å².